The zero-order valence-electron chi connectivity index (χ0n) is 13.0. The van der Waals surface area contributed by atoms with E-state index in [0.717, 1.165) is 27.4 Å². The topological polar surface area (TPSA) is 30.0 Å². The van der Waals surface area contributed by atoms with E-state index in [1.54, 1.807) is 6.08 Å². The maximum atomic E-state index is 12.4. The third-order valence-electron chi connectivity index (χ3n) is 4.09. The highest BCUT2D eigenvalue weighted by Gasteiger charge is 2.07. The molecule has 0 aliphatic heterocycles. The second kappa shape index (κ2) is 6.09. The average molecular weight is 309 g/mol. The van der Waals surface area contributed by atoms with E-state index in [0.29, 0.717) is 5.56 Å². The number of carbonyl (C=O) groups excluding carboxylic acids is 1. The molecule has 0 amide bonds. The molecule has 0 aliphatic carbocycles. The van der Waals surface area contributed by atoms with Gasteiger partial charge in [-0.3, -0.25) is 4.79 Å². The van der Waals surface area contributed by atoms with Crippen LogP contribution in [0, 0.1) is 0 Å². The van der Waals surface area contributed by atoms with Gasteiger partial charge in [-0.25, -0.2) is 4.98 Å². The molecule has 0 saturated heterocycles. The fourth-order valence-electron chi connectivity index (χ4n) is 2.91. The number of benzene rings is 3. The lowest BCUT2D eigenvalue weighted by atomic mass is 10.0. The Labute approximate surface area is 140 Å². The molecule has 1 heterocycles. The Morgan fingerprint density at radius 3 is 1.88 bits per heavy atom. The van der Waals surface area contributed by atoms with Crippen molar-refractivity contribution in [1.82, 2.24) is 4.98 Å². The van der Waals surface area contributed by atoms with Crippen LogP contribution < -0.4 is 0 Å². The molecule has 24 heavy (non-hydrogen) atoms. The van der Waals surface area contributed by atoms with Crippen LogP contribution in [0.15, 0.2) is 84.9 Å². The number of carbonyl (C=O) groups is 1. The highest BCUT2D eigenvalue weighted by molar-refractivity contribution is 6.10. The SMILES string of the molecule is O=C(C=Cc1c2ccccc2nc2ccccc12)c1ccccc1. The molecule has 0 atom stereocenters. The minimum Gasteiger partial charge on any atom is -0.289 e. The van der Waals surface area contributed by atoms with E-state index in [4.69, 9.17) is 4.98 Å². The summed E-state index contributed by atoms with van der Waals surface area (Å²) in [5.74, 6) is 0.000532. The number of aromatic nitrogens is 1. The maximum Gasteiger partial charge on any atom is 0.185 e. The predicted molar refractivity (Wildman–Crippen MR) is 99.1 cm³/mol. The van der Waals surface area contributed by atoms with Gasteiger partial charge in [-0.05, 0) is 29.8 Å². The summed E-state index contributed by atoms with van der Waals surface area (Å²) in [5, 5.41) is 2.10. The third-order valence-corrected chi connectivity index (χ3v) is 4.09. The molecule has 1 aromatic heterocycles. The van der Waals surface area contributed by atoms with E-state index in [-0.39, 0.29) is 5.78 Å². The smallest absolute Gasteiger partial charge is 0.185 e. The Hall–Kier alpha value is -3.26. The first kappa shape index (κ1) is 14.3. The van der Waals surface area contributed by atoms with Gasteiger partial charge in [0.2, 0.25) is 0 Å². The lowest BCUT2D eigenvalue weighted by Gasteiger charge is -2.07. The molecule has 0 fully saturated rings. The first-order valence-electron chi connectivity index (χ1n) is 7.88. The minimum absolute atomic E-state index is 0.000532. The van der Waals surface area contributed by atoms with Crippen LogP contribution in [0.5, 0.6) is 0 Å². The van der Waals surface area contributed by atoms with Gasteiger partial charge in [0.15, 0.2) is 5.78 Å². The lowest BCUT2D eigenvalue weighted by molar-refractivity contribution is 0.104. The second-order valence-corrected chi connectivity index (χ2v) is 5.62. The van der Waals surface area contributed by atoms with Crippen molar-refractivity contribution in [3.63, 3.8) is 0 Å². The maximum absolute atomic E-state index is 12.4. The van der Waals surface area contributed by atoms with Gasteiger partial charge in [-0.15, -0.1) is 0 Å². The average Bonchev–Trinajstić information content (AvgIpc) is 2.65. The van der Waals surface area contributed by atoms with E-state index in [2.05, 4.69) is 0 Å². The molecule has 4 rings (SSSR count). The van der Waals surface area contributed by atoms with E-state index in [9.17, 15) is 4.79 Å². The first-order chi connectivity index (χ1) is 11.8. The van der Waals surface area contributed by atoms with Gasteiger partial charge in [0, 0.05) is 16.3 Å². The summed E-state index contributed by atoms with van der Waals surface area (Å²) < 4.78 is 0. The van der Waals surface area contributed by atoms with E-state index < -0.39 is 0 Å². The summed E-state index contributed by atoms with van der Waals surface area (Å²) in [6.45, 7) is 0. The number of hydrogen-bond acceptors (Lipinski definition) is 2. The summed E-state index contributed by atoms with van der Waals surface area (Å²) in [6, 6.07) is 25.3. The zero-order valence-corrected chi connectivity index (χ0v) is 13.0. The lowest BCUT2D eigenvalue weighted by Crippen LogP contribution is -1.93. The highest BCUT2D eigenvalue weighted by atomic mass is 16.1. The van der Waals surface area contributed by atoms with Crippen LogP contribution >= 0.6 is 0 Å². The number of para-hydroxylation sites is 2. The highest BCUT2D eigenvalue weighted by Crippen LogP contribution is 2.27. The summed E-state index contributed by atoms with van der Waals surface area (Å²) in [7, 11) is 0. The first-order valence-corrected chi connectivity index (χ1v) is 7.88. The van der Waals surface area contributed by atoms with Crippen molar-refractivity contribution < 1.29 is 4.79 Å². The van der Waals surface area contributed by atoms with Crippen LogP contribution in [0.3, 0.4) is 0 Å². The van der Waals surface area contributed by atoms with Crippen molar-refractivity contribution in [2.75, 3.05) is 0 Å². The van der Waals surface area contributed by atoms with Crippen molar-refractivity contribution in [3.05, 3.63) is 96.1 Å². The van der Waals surface area contributed by atoms with Crippen LogP contribution in [0.25, 0.3) is 27.9 Å². The Morgan fingerprint density at radius 1 is 0.708 bits per heavy atom. The Kier molecular flexibility index (Phi) is 3.64. The Bertz CT molecular complexity index is 1010. The molecule has 3 aromatic carbocycles. The molecule has 4 aromatic rings. The largest absolute Gasteiger partial charge is 0.289 e. The monoisotopic (exact) mass is 309 g/mol. The predicted octanol–water partition coefficient (Wildman–Crippen LogP) is 5.28. The summed E-state index contributed by atoms with van der Waals surface area (Å²) in [6.07, 6.45) is 3.55. The second-order valence-electron chi connectivity index (χ2n) is 5.62. The van der Waals surface area contributed by atoms with Gasteiger partial charge in [0.1, 0.15) is 0 Å². The van der Waals surface area contributed by atoms with Gasteiger partial charge < -0.3 is 0 Å². The van der Waals surface area contributed by atoms with Gasteiger partial charge in [-0.1, -0.05) is 66.7 Å². The molecule has 2 heteroatoms. The zero-order chi connectivity index (χ0) is 16.4. The van der Waals surface area contributed by atoms with Crippen molar-refractivity contribution in [2.45, 2.75) is 0 Å². The number of pyridine rings is 1. The molecule has 0 saturated carbocycles. The molecular formula is C22H15NO. The van der Waals surface area contributed by atoms with E-state index in [1.807, 2.05) is 84.9 Å². The molecule has 0 unspecified atom stereocenters. The molecule has 0 radical (unpaired) electrons. The molecule has 114 valence electrons. The van der Waals surface area contributed by atoms with Crippen molar-refractivity contribution >= 4 is 33.7 Å². The molecule has 0 bridgehead atoms. The van der Waals surface area contributed by atoms with Gasteiger partial charge in [0.05, 0.1) is 11.0 Å². The Morgan fingerprint density at radius 2 is 1.25 bits per heavy atom. The van der Waals surface area contributed by atoms with E-state index >= 15 is 0 Å². The van der Waals surface area contributed by atoms with E-state index in [1.165, 1.54) is 0 Å². The summed E-state index contributed by atoms with van der Waals surface area (Å²) in [5.41, 5.74) is 3.59. The van der Waals surface area contributed by atoms with Crippen molar-refractivity contribution in [2.24, 2.45) is 0 Å². The van der Waals surface area contributed by atoms with Crippen LogP contribution in [-0.4, -0.2) is 10.8 Å². The number of hydrogen-bond donors (Lipinski definition) is 0. The van der Waals surface area contributed by atoms with Gasteiger partial charge in [0.25, 0.3) is 0 Å². The van der Waals surface area contributed by atoms with Crippen LogP contribution in [0.1, 0.15) is 15.9 Å². The summed E-state index contributed by atoms with van der Waals surface area (Å²) >= 11 is 0. The number of ketones is 1. The quantitative estimate of drug-likeness (QED) is 0.292. The van der Waals surface area contributed by atoms with Crippen molar-refractivity contribution in [3.8, 4) is 0 Å². The number of rotatable bonds is 3. The van der Waals surface area contributed by atoms with Crippen LogP contribution in [0.4, 0.5) is 0 Å². The van der Waals surface area contributed by atoms with Crippen molar-refractivity contribution in [1.29, 1.82) is 0 Å². The van der Waals surface area contributed by atoms with Gasteiger partial charge in [-0.2, -0.15) is 0 Å². The number of allylic oxidation sites excluding steroid dienone is 1. The molecule has 0 spiro atoms. The van der Waals surface area contributed by atoms with Crippen LogP contribution in [-0.2, 0) is 0 Å². The number of fused-ring (bicyclic) bond motifs is 2. The minimum atomic E-state index is 0.000532. The molecular weight excluding hydrogens is 294 g/mol. The molecule has 2 nitrogen and oxygen atoms in total. The fraction of sp³-hybridized carbons (Fsp3) is 0. The van der Waals surface area contributed by atoms with Gasteiger partial charge >= 0.3 is 0 Å². The third kappa shape index (κ3) is 2.59. The van der Waals surface area contributed by atoms with Crippen LogP contribution in [0.2, 0.25) is 0 Å². The fourth-order valence-corrected chi connectivity index (χ4v) is 2.91. The normalized spacial score (nSPS) is 11.3. The summed E-state index contributed by atoms with van der Waals surface area (Å²) in [4.78, 5) is 17.1. The Balaban J connectivity index is 1.88. The number of nitrogens with zero attached hydrogens (tertiary/aromatic N) is 1. The molecule has 0 aliphatic rings. The standard InChI is InChI=1S/C22H15NO/c24-22(16-8-2-1-3-9-16)15-14-17-18-10-4-6-12-20(18)23-21-13-7-5-11-19(17)21/h1-15H. The molecule has 0 N–H and O–H groups in total.